The number of amides is 2. The molecule has 0 unspecified atom stereocenters. The number of anilines is 1. The van der Waals surface area contributed by atoms with Crippen molar-refractivity contribution in [2.24, 2.45) is 0 Å². The van der Waals surface area contributed by atoms with E-state index in [4.69, 9.17) is 9.47 Å². The first-order valence-corrected chi connectivity index (χ1v) is 15.8. The third-order valence-electron chi connectivity index (χ3n) is 7.71. The summed E-state index contributed by atoms with van der Waals surface area (Å²) in [7, 11) is 3.12. The van der Waals surface area contributed by atoms with Crippen molar-refractivity contribution in [2.45, 2.75) is 76.9 Å². The lowest BCUT2D eigenvalue weighted by Crippen LogP contribution is -2.50. The van der Waals surface area contributed by atoms with Crippen molar-refractivity contribution in [1.82, 2.24) is 25.5 Å². The molecule has 2 aromatic carbocycles. The van der Waals surface area contributed by atoms with Gasteiger partial charge in [-0.05, 0) is 92.1 Å². The fourth-order valence-electron chi connectivity index (χ4n) is 5.64. The molecule has 0 aliphatic heterocycles. The van der Waals surface area contributed by atoms with E-state index in [0.717, 1.165) is 4.88 Å². The Morgan fingerprint density at radius 3 is 2.39 bits per heavy atom. The van der Waals surface area contributed by atoms with Crippen LogP contribution in [0.1, 0.15) is 75.3 Å². The number of tetrazole rings is 1. The summed E-state index contributed by atoms with van der Waals surface area (Å²) in [6, 6.07) is 16.3. The Hall–Kier alpha value is -4.25. The first kappa shape index (κ1) is 31.2. The molecule has 1 N–H and O–H groups in total. The number of rotatable bonds is 10. The molecule has 4 aromatic rings. The van der Waals surface area contributed by atoms with Crippen LogP contribution in [0.5, 0.6) is 11.5 Å². The van der Waals surface area contributed by atoms with E-state index in [1.165, 1.54) is 53.8 Å². The molecule has 10 nitrogen and oxygen atoms in total. The van der Waals surface area contributed by atoms with Crippen LogP contribution in [0.4, 0.5) is 5.69 Å². The van der Waals surface area contributed by atoms with Gasteiger partial charge in [-0.15, -0.1) is 21.5 Å². The lowest BCUT2D eigenvalue weighted by Gasteiger charge is -2.33. The number of ether oxygens (including phenoxy) is 2. The molecule has 1 fully saturated rings. The number of hydrogen-bond donors (Lipinski definition) is 1. The fraction of sp³-hybridized carbons (Fsp3) is 0.424. The van der Waals surface area contributed by atoms with Gasteiger partial charge < -0.3 is 14.8 Å². The summed E-state index contributed by atoms with van der Waals surface area (Å²) in [6.07, 6.45) is 6.11. The Labute approximate surface area is 262 Å². The van der Waals surface area contributed by atoms with Crippen molar-refractivity contribution in [3.63, 3.8) is 0 Å². The molecular weight excluding hydrogens is 576 g/mol. The van der Waals surface area contributed by atoms with Gasteiger partial charge in [0.05, 0.1) is 14.2 Å². The molecule has 0 bridgehead atoms. The highest BCUT2D eigenvalue weighted by Crippen LogP contribution is 2.36. The maximum atomic E-state index is 14.2. The highest BCUT2D eigenvalue weighted by atomic mass is 32.1. The number of aromatic nitrogens is 4. The van der Waals surface area contributed by atoms with Crippen LogP contribution in [0.25, 0.3) is 11.4 Å². The molecular formula is C33H40N6O4S. The van der Waals surface area contributed by atoms with E-state index in [9.17, 15) is 9.59 Å². The minimum atomic E-state index is -0.879. The largest absolute Gasteiger partial charge is 0.493 e. The van der Waals surface area contributed by atoms with Crippen LogP contribution in [-0.2, 0) is 16.1 Å². The number of benzene rings is 2. The Morgan fingerprint density at radius 2 is 1.75 bits per heavy atom. The van der Waals surface area contributed by atoms with Gasteiger partial charge in [-0.3, -0.25) is 14.5 Å². The summed E-state index contributed by atoms with van der Waals surface area (Å²) >= 11 is 1.44. The lowest BCUT2D eigenvalue weighted by atomic mass is 9.84. The molecule has 2 amide bonds. The van der Waals surface area contributed by atoms with Crippen LogP contribution in [0, 0.1) is 0 Å². The Kier molecular flexibility index (Phi) is 9.63. The normalized spacial score (nSPS) is 14.6. The lowest BCUT2D eigenvalue weighted by molar-refractivity contribution is -0.128. The third-order valence-corrected chi connectivity index (χ3v) is 8.63. The van der Waals surface area contributed by atoms with Crippen molar-refractivity contribution in [3.8, 4) is 22.9 Å². The molecule has 5 rings (SSSR count). The zero-order valence-electron chi connectivity index (χ0n) is 25.9. The van der Waals surface area contributed by atoms with Crippen molar-refractivity contribution in [3.05, 3.63) is 70.4 Å². The maximum absolute atomic E-state index is 14.2. The molecule has 232 valence electrons. The van der Waals surface area contributed by atoms with Gasteiger partial charge in [-0.25, -0.2) is 0 Å². The van der Waals surface area contributed by atoms with E-state index >= 15 is 0 Å². The van der Waals surface area contributed by atoms with Gasteiger partial charge in [-0.1, -0.05) is 37.5 Å². The van der Waals surface area contributed by atoms with Crippen LogP contribution in [0.3, 0.4) is 0 Å². The summed E-state index contributed by atoms with van der Waals surface area (Å²) in [6.45, 7) is 5.57. The second-order valence-corrected chi connectivity index (χ2v) is 13.0. The predicted molar refractivity (Wildman–Crippen MR) is 171 cm³/mol. The van der Waals surface area contributed by atoms with E-state index in [1.807, 2.05) is 50.4 Å². The Bertz CT molecular complexity index is 1560. The number of hydrogen-bond acceptors (Lipinski definition) is 8. The van der Waals surface area contributed by atoms with Crippen LogP contribution in [-0.4, -0.2) is 51.8 Å². The molecule has 2 heterocycles. The molecule has 2 aromatic heterocycles. The second kappa shape index (κ2) is 13.6. The van der Waals surface area contributed by atoms with Crippen molar-refractivity contribution in [2.75, 3.05) is 19.1 Å². The molecule has 1 aliphatic rings. The molecule has 0 saturated heterocycles. The monoisotopic (exact) mass is 616 g/mol. The number of carbonyl (C=O) groups excluding carboxylic acids is 2. The van der Waals surface area contributed by atoms with Crippen molar-refractivity contribution in [1.29, 1.82) is 0 Å². The number of methoxy groups -OCH3 is 2. The van der Waals surface area contributed by atoms with Gasteiger partial charge in [-0.2, -0.15) is 4.80 Å². The average Bonchev–Trinajstić information content (AvgIpc) is 3.72. The SMILES string of the molecule is COc1ccc(-c2nnn(CC(=O)N(c3ccc(C4CCCCC4)cc3)[C@H](C(=O)NC(C)(C)C)c3cccs3)n2)cc1OC. The molecule has 1 atom stereocenters. The van der Waals surface area contributed by atoms with Crippen LogP contribution < -0.4 is 19.7 Å². The smallest absolute Gasteiger partial charge is 0.251 e. The van der Waals surface area contributed by atoms with Gasteiger partial charge in [0.25, 0.3) is 5.91 Å². The van der Waals surface area contributed by atoms with Gasteiger partial charge in [0.1, 0.15) is 12.6 Å². The van der Waals surface area contributed by atoms with E-state index in [0.29, 0.717) is 34.5 Å². The average molecular weight is 617 g/mol. The zero-order chi connectivity index (χ0) is 31.3. The van der Waals surface area contributed by atoms with Crippen molar-refractivity contribution < 1.29 is 19.1 Å². The minimum Gasteiger partial charge on any atom is -0.493 e. The Morgan fingerprint density at radius 1 is 1.02 bits per heavy atom. The first-order valence-electron chi connectivity index (χ1n) is 14.9. The number of nitrogens with one attached hydrogen (secondary N) is 1. The first-order chi connectivity index (χ1) is 21.2. The summed E-state index contributed by atoms with van der Waals surface area (Å²) in [5.74, 6) is 1.37. The maximum Gasteiger partial charge on any atom is 0.251 e. The molecule has 11 heteroatoms. The van der Waals surface area contributed by atoms with Gasteiger partial charge in [0, 0.05) is 21.7 Å². The summed E-state index contributed by atoms with van der Waals surface area (Å²) in [5.41, 5.74) is 2.08. The quantitative estimate of drug-likeness (QED) is 0.227. The fourth-order valence-corrected chi connectivity index (χ4v) is 6.45. The van der Waals surface area contributed by atoms with Crippen molar-refractivity contribution >= 4 is 28.8 Å². The Balaban J connectivity index is 1.48. The van der Waals surface area contributed by atoms with E-state index in [1.54, 1.807) is 37.3 Å². The standard InChI is InChI=1S/C33H40N6O4S/c1-33(2,3)34-32(41)30(28-12-9-19-44-28)39(25-16-13-23(14-17-25)22-10-7-6-8-11-22)29(40)21-38-36-31(35-37-38)24-15-18-26(42-4)27(20-24)43-5/h9,12-20,22,30H,6-8,10-11,21H2,1-5H3,(H,34,41)/t30-/m0/s1. The van der Waals surface area contributed by atoms with Crippen LogP contribution >= 0.6 is 11.3 Å². The van der Waals surface area contributed by atoms with Crippen LogP contribution in [0.2, 0.25) is 0 Å². The van der Waals surface area contributed by atoms with Gasteiger partial charge in [0.15, 0.2) is 11.5 Å². The summed E-state index contributed by atoms with van der Waals surface area (Å²) < 4.78 is 10.7. The summed E-state index contributed by atoms with van der Waals surface area (Å²) in [5, 5.41) is 17.8. The molecule has 0 spiro atoms. The minimum absolute atomic E-state index is 0.213. The van der Waals surface area contributed by atoms with E-state index in [2.05, 4.69) is 32.9 Å². The molecule has 1 saturated carbocycles. The number of carbonyl (C=O) groups is 2. The van der Waals surface area contributed by atoms with E-state index < -0.39 is 11.6 Å². The second-order valence-electron chi connectivity index (χ2n) is 12.1. The van der Waals surface area contributed by atoms with Gasteiger partial charge >= 0.3 is 0 Å². The third kappa shape index (κ3) is 7.27. The van der Waals surface area contributed by atoms with E-state index in [-0.39, 0.29) is 18.4 Å². The molecule has 1 aliphatic carbocycles. The van der Waals surface area contributed by atoms with Gasteiger partial charge in [0.2, 0.25) is 11.7 Å². The zero-order valence-corrected chi connectivity index (χ0v) is 26.8. The number of thiophene rings is 1. The van der Waals surface area contributed by atoms with Crippen LogP contribution in [0.15, 0.2) is 60.0 Å². The summed E-state index contributed by atoms with van der Waals surface area (Å²) in [4.78, 5) is 31.7. The molecule has 0 radical (unpaired) electrons. The highest BCUT2D eigenvalue weighted by Gasteiger charge is 2.35. The predicted octanol–water partition coefficient (Wildman–Crippen LogP) is 6.16. The topological polar surface area (TPSA) is 111 Å². The highest BCUT2D eigenvalue weighted by molar-refractivity contribution is 7.10. The number of nitrogens with zero attached hydrogens (tertiary/aromatic N) is 5. The molecule has 44 heavy (non-hydrogen) atoms.